The van der Waals surface area contributed by atoms with Crippen LogP contribution in [0.15, 0.2) is 65.6 Å². The minimum Gasteiger partial charge on any atom is -0.496 e. The molecule has 0 bridgehead atoms. The zero-order valence-electron chi connectivity index (χ0n) is 17.0. The van der Waals surface area contributed by atoms with Crippen LogP contribution in [0, 0.1) is 6.92 Å². The van der Waals surface area contributed by atoms with Crippen molar-refractivity contribution in [3.8, 4) is 28.4 Å². The van der Waals surface area contributed by atoms with Crippen molar-refractivity contribution in [1.82, 2.24) is 0 Å². The predicted octanol–water partition coefficient (Wildman–Crippen LogP) is 4.87. The van der Waals surface area contributed by atoms with Gasteiger partial charge in [0.2, 0.25) is 0 Å². The van der Waals surface area contributed by atoms with Gasteiger partial charge in [-0.2, -0.15) is 8.42 Å². The highest BCUT2D eigenvalue weighted by Gasteiger charge is 2.28. The number of benzene rings is 3. The van der Waals surface area contributed by atoms with Gasteiger partial charge in [-0.15, -0.1) is 0 Å². The summed E-state index contributed by atoms with van der Waals surface area (Å²) < 4.78 is 47.6. The molecule has 0 unspecified atom stereocenters. The summed E-state index contributed by atoms with van der Waals surface area (Å²) >= 11 is 6.28. The molecule has 4 rings (SSSR count). The van der Waals surface area contributed by atoms with Crippen LogP contribution in [-0.4, -0.2) is 34.8 Å². The molecule has 0 aliphatic carbocycles. The van der Waals surface area contributed by atoms with Gasteiger partial charge in [0.1, 0.15) is 19.0 Å². The molecule has 31 heavy (non-hydrogen) atoms. The summed E-state index contributed by atoms with van der Waals surface area (Å²) in [6.07, 6.45) is -0.623. The second-order valence-electron chi connectivity index (χ2n) is 7.08. The first-order valence-electron chi connectivity index (χ1n) is 9.60. The number of methoxy groups -OCH3 is 1. The van der Waals surface area contributed by atoms with Crippen LogP contribution in [-0.2, 0) is 14.3 Å². The molecule has 1 aliphatic rings. The van der Waals surface area contributed by atoms with Gasteiger partial charge in [0.25, 0.3) is 10.1 Å². The van der Waals surface area contributed by atoms with Crippen LogP contribution >= 0.6 is 11.6 Å². The zero-order valence-corrected chi connectivity index (χ0v) is 18.6. The van der Waals surface area contributed by atoms with Crippen LogP contribution < -0.4 is 14.2 Å². The van der Waals surface area contributed by atoms with Crippen molar-refractivity contribution in [3.05, 3.63) is 71.2 Å². The van der Waals surface area contributed by atoms with E-state index in [0.717, 1.165) is 11.1 Å². The Labute approximate surface area is 186 Å². The van der Waals surface area contributed by atoms with Gasteiger partial charge in [-0.1, -0.05) is 47.5 Å². The number of ether oxygens (including phenoxy) is 3. The Morgan fingerprint density at radius 3 is 2.55 bits per heavy atom. The molecule has 8 heteroatoms. The number of para-hydroxylation sites is 1. The van der Waals surface area contributed by atoms with E-state index < -0.39 is 16.2 Å². The second-order valence-corrected chi connectivity index (χ2v) is 9.14. The van der Waals surface area contributed by atoms with Crippen molar-refractivity contribution >= 4 is 21.7 Å². The molecule has 162 valence electrons. The topological polar surface area (TPSA) is 71.1 Å². The maximum atomic E-state index is 12.5. The SMILES string of the molecule is COc1ccccc1-c1cc(Cl)cc2c1O[C@@H](COS(=O)(=O)c1ccc(C)cc1)CO2. The lowest BCUT2D eigenvalue weighted by atomic mass is 10.0. The highest BCUT2D eigenvalue weighted by atomic mass is 35.5. The molecule has 6 nitrogen and oxygen atoms in total. The van der Waals surface area contributed by atoms with Crippen LogP contribution in [0.25, 0.3) is 11.1 Å². The first kappa shape index (κ1) is 21.5. The van der Waals surface area contributed by atoms with Crippen LogP contribution in [0.1, 0.15) is 5.56 Å². The highest BCUT2D eigenvalue weighted by Crippen LogP contribution is 2.45. The van der Waals surface area contributed by atoms with E-state index in [-0.39, 0.29) is 18.1 Å². The number of hydrogen-bond donors (Lipinski definition) is 0. The van der Waals surface area contributed by atoms with E-state index in [9.17, 15) is 8.42 Å². The van der Waals surface area contributed by atoms with Crippen molar-refractivity contribution in [2.75, 3.05) is 20.3 Å². The van der Waals surface area contributed by atoms with Gasteiger partial charge >= 0.3 is 0 Å². The smallest absolute Gasteiger partial charge is 0.297 e. The summed E-state index contributed by atoms with van der Waals surface area (Å²) in [4.78, 5) is 0.0942. The summed E-state index contributed by atoms with van der Waals surface area (Å²) in [5.74, 6) is 1.59. The van der Waals surface area contributed by atoms with E-state index in [1.165, 1.54) is 12.1 Å². The first-order chi connectivity index (χ1) is 14.9. The van der Waals surface area contributed by atoms with Gasteiger partial charge < -0.3 is 14.2 Å². The minimum absolute atomic E-state index is 0.0942. The van der Waals surface area contributed by atoms with Gasteiger partial charge in [-0.3, -0.25) is 4.18 Å². The van der Waals surface area contributed by atoms with Gasteiger partial charge in [0.15, 0.2) is 17.6 Å². The Morgan fingerprint density at radius 2 is 1.81 bits per heavy atom. The largest absolute Gasteiger partial charge is 0.496 e. The van der Waals surface area contributed by atoms with E-state index in [4.69, 9.17) is 30.0 Å². The fourth-order valence-electron chi connectivity index (χ4n) is 3.27. The van der Waals surface area contributed by atoms with Crippen LogP contribution in [0.2, 0.25) is 5.02 Å². The number of hydrogen-bond acceptors (Lipinski definition) is 6. The number of halogens is 1. The lowest BCUT2D eigenvalue weighted by Gasteiger charge is -2.28. The lowest BCUT2D eigenvalue weighted by Crippen LogP contribution is -2.34. The molecular weight excluding hydrogens is 440 g/mol. The molecule has 0 aromatic heterocycles. The number of rotatable bonds is 6. The van der Waals surface area contributed by atoms with E-state index in [1.807, 2.05) is 31.2 Å². The minimum atomic E-state index is -3.91. The summed E-state index contributed by atoms with van der Waals surface area (Å²) in [6, 6.07) is 17.3. The summed E-state index contributed by atoms with van der Waals surface area (Å²) in [7, 11) is -2.33. The molecule has 3 aromatic rings. The molecule has 0 N–H and O–H groups in total. The van der Waals surface area contributed by atoms with Crippen molar-refractivity contribution in [2.24, 2.45) is 0 Å². The molecule has 0 saturated carbocycles. The third kappa shape index (κ3) is 4.63. The van der Waals surface area contributed by atoms with Gasteiger partial charge in [-0.25, -0.2) is 0 Å². The fraction of sp³-hybridized carbons (Fsp3) is 0.217. The molecule has 0 amide bonds. The lowest BCUT2D eigenvalue weighted by molar-refractivity contribution is 0.0561. The highest BCUT2D eigenvalue weighted by molar-refractivity contribution is 7.86. The quantitative estimate of drug-likeness (QED) is 0.489. The van der Waals surface area contributed by atoms with Crippen LogP contribution in [0.5, 0.6) is 17.2 Å². The molecule has 0 fully saturated rings. The Morgan fingerprint density at radius 1 is 1.06 bits per heavy atom. The first-order valence-corrected chi connectivity index (χ1v) is 11.4. The molecule has 1 atom stereocenters. The normalized spacial score (nSPS) is 15.5. The Bertz CT molecular complexity index is 1190. The van der Waals surface area contributed by atoms with Crippen molar-refractivity contribution in [1.29, 1.82) is 0 Å². The standard InChI is InChI=1S/C23H21ClO6S/c1-15-7-9-18(10-8-15)31(25,26)29-14-17-13-28-22-12-16(24)11-20(23(22)30-17)19-5-3-4-6-21(19)27-2/h3-12,17H,13-14H2,1-2H3/t17-/m1/s1. The molecule has 0 radical (unpaired) electrons. The summed E-state index contributed by atoms with van der Waals surface area (Å²) in [6.45, 7) is 1.82. The second kappa shape index (κ2) is 8.78. The van der Waals surface area contributed by atoms with Gasteiger partial charge in [0.05, 0.1) is 12.0 Å². The number of fused-ring (bicyclic) bond motifs is 1. The monoisotopic (exact) mass is 460 g/mol. The predicted molar refractivity (Wildman–Crippen MR) is 118 cm³/mol. The number of aryl methyl sites for hydroxylation is 1. The van der Waals surface area contributed by atoms with E-state index in [0.29, 0.717) is 27.8 Å². The Kier molecular flexibility index (Phi) is 6.09. The maximum absolute atomic E-state index is 12.5. The molecule has 3 aromatic carbocycles. The molecule has 1 heterocycles. The van der Waals surface area contributed by atoms with Crippen molar-refractivity contribution < 1.29 is 26.8 Å². The van der Waals surface area contributed by atoms with Crippen molar-refractivity contribution in [2.45, 2.75) is 17.9 Å². The third-order valence-electron chi connectivity index (χ3n) is 4.84. The zero-order chi connectivity index (χ0) is 22.0. The average molecular weight is 461 g/mol. The fourth-order valence-corrected chi connectivity index (χ4v) is 4.41. The molecule has 0 saturated heterocycles. The Balaban J connectivity index is 1.58. The average Bonchev–Trinajstić information content (AvgIpc) is 2.77. The molecular formula is C23H21ClO6S. The van der Waals surface area contributed by atoms with Gasteiger partial charge in [-0.05, 0) is 31.2 Å². The summed E-state index contributed by atoms with van der Waals surface area (Å²) in [5.41, 5.74) is 2.43. The van der Waals surface area contributed by atoms with E-state index in [2.05, 4.69) is 0 Å². The molecule has 0 spiro atoms. The van der Waals surface area contributed by atoms with Gasteiger partial charge in [0, 0.05) is 22.2 Å². The molecule has 1 aliphatic heterocycles. The van der Waals surface area contributed by atoms with Crippen LogP contribution in [0.3, 0.4) is 0 Å². The van der Waals surface area contributed by atoms with E-state index >= 15 is 0 Å². The van der Waals surface area contributed by atoms with Crippen LogP contribution in [0.4, 0.5) is 0 Å². The van der Waals surface area contributed by atoms with E-state index in [1.54, 1.807) is 31.4 Å². The van der Waals surface area contributed by atoms with Crippen molar-refractivity contribution in [3.63, 3.8) is 0 Å². The maximum Gasteiger partial charge on any atom is 0.297 e. The third-order valence-corrected chi connectivity index (χ3v) is 6.36. The summed E-state index contributed by atoms with van der Waals surface area (Å²) in [5, 5.41) is 0.486. The Hall–Kier alpha value is -2.74.